The van der Waals surface area contributed by atoms with E-state index in [2.05, 4.69) is 10.3 Å². The Labute approximate surface area is 118 Å². The zero-order valence-corrected chi connectivity index (χ0v) is 11.7. The molecule has 0 bridgehead atoms. The van der Waals surface area contributed by atoms with E-state index in [1.807, 2.05) is 37.3 Å². The lowest BCUT2D eigenvalue weighted by Gasteiger charge is -2.11. The van der Waals surface area contributed by atoms with E-state index >= 15 is 0 Å². The summed E-state index contributed by atoms with van der Waals surface area (Å²) in [5.41, 5.74) is 8.51. The number of aromatic nitrogens is 1. The first-order valence-electron chi connectivity index (χ1n) is 6.48. The van der Waals surface area contributed by atoms with Crippen molar-refractivity contribution in [2.75, 3.05) is 24.8 Å². The maximum atomic E-state index is 5.84. The molecule has 0 saturated heterocycles. The Morgan fingerprint density at radius 3 is 2.75 bits per heavy atom. The summed E-state index contributed by atoms with van der Waals surface area (Å²) < 4.78 is 10.5. The summed E-state index contributed by atoms with van der Waals surface area (Å²) in [6.07, 6.45) is 1.78. The molecule has 0 saturated carbocycles. The van der Waals surface area contributed by atoms with E-state index in [1.54, 1.807) is 13.3 Å². The first-order chi connectivity index (χ1) is 9.72. The fraction of sp³-hybridized carbons (Fsp3) is 0.267. The molecule has 5 heteroatoms. The molecule has 1 heterocycles. The molecule has 2 aromatic rings. The lowest BCUT2D eigenvalue weighted by atomic mass is 10.2. The van der Waals surface area contributed by atoms with Gasteiger partial charge in [-0.3, -0.25) is 0 Å². The molecule has 0 radical (unpaired) electrons. The van der Waals surface area contributed by atoms with Crippen LogP contribution in [-0.4, -0.2) is 18.7 Å². The third kappa shape index (κ3) is 3.54. The van der Waals surface area contributed by atoms with E-state index in [4.69, 9.17) is 15.2 Å². The standard InChI is InChI=1S/C15H19N3O2/c1-3-20-14-8-12(5-6-13(14)16)17-9-11-4-7-15(19-2)18-10-11/h4-8,10,17H,3,9,16H2,1-2H3. The number of rotatable bonds is 6. The molecule has 0 unspecified atom stereocenters. The molecule has 2 rings (SSSR count). The van der Waals surface area contributed by atoms with Crippen LogP contribution in [0.5, 0.6) is 11.6 Å². The van der Waals surface area contributed by atoms with E-state index in [1.165, 1.54) is 0 Å². The fourth-order valence-electron chi connectivity index (χ4n) is 1.77. The molecule has 20 heavy (non-hydrogen) atoms. The van der Waals surface area contributed by atoms with Crippen molar-refractivity contribution in [1.29, 1.82) is 0 Å². The minimum Gasteiger partial charge on any atom is -0.492 e. The maximum Gasteiger partial charge on any atom is 0.212 e. The van der Waals surface area contributed by atoms with Crippen molar-refractivity contribution in [3.63, 3.8) is 0 Å². The molecular weight excluding hydrogens is 254 g/mol. The van der Waals surface area contributed by atoms with Gasteiger partial charge in [0.1, 0.15) is 5.75 Å². The zero-order valence-electron chi connectivity index (χ0n) is 11.7. The molecule has 0 fully saturated rings. The highest BCUT2D eigenvalue weighted by Gasteiger charge is 2.02. The van der Waals surface area contributed by atoms with Crippen molar-refractivity contribution in [3.05, 3.63) is 42.1 Å². The van der Waals surface area contributed by atoms with Crippen LogP contribution in [0.2, 0.25) is 0 Å². The van der Waals surface area contributed by atoms with E-state index in [0.717, 1.165) is 11.3 Å². The van der Waals surface area contributed by atoms with E-state index in [0.29, 0.717) is 30.5 Å². The smallest absolute Gasteiger partial charge is 0.212 e. The highest BCUT2D eigenvalue weighted by Crippen LogP contribution is 2.25. The third-order valence-electron chi connectivity index (χ3n) is 2.82. The average Bonchev–Trinajstić information content (AvgIpc) is 2.49. The Morgan fingerprint density at radius 2 is 2.10 bits per heavy atom. The van der Waals surface area contributed by atoms with Crippen LogP contribution in [0.3, 0.4) is 0 Å². The fourth-order valence-corrected chi connectivity index (χ4v) is 1.77. The van der Waals surface area contributed by atoms with Gasteiger partial charge in [-0.15, -0.1) is 0 Å². The van der Waals surface area contributed by atoms with Gasteiger partial charge in [-0.2, -0.15) is 0 Å². The number of hydrogen-bond donors (Lipinski definition) is 2. The Kier molecular flexibility index (Phi) is 4.65. The zero-order chi connectivity index (χ0) is 14.4. The van der Waals surface area contributed by atoms with Gasteiger partial charge < -0.3 is 20.5 Å². The van der Waals surface area contributed by atoms with Crippen molar-refractivity contribution >= 4 is 11.4 Å². The lowest BCUT2D eigenvalue weighted by molar-refractivity contribution is 0.342. The van der Waals surface area contributed by atoms with Crippen LogP contribution in [-0.2, 0) is 6.54 Å². The van der Waals surface area contributed by atoms with Crippen LogP contribution in [0.4, 0.5) is 11.4 Å². The monoisotopic (exact) mass is 273 g/mol. The Balaban J connectivity index is 2.00. The molecule has 0 aliphatic carbocycles. The summed E-state index contributed by atoms with van der Waals surface area (Å²) in [6.45, 7) is 3.20. The number of anilines is 2. The molecule has 1 aromatic carbocycles. The minimum atomic E-state index is 0.593. The minimum absolute atomic E-state index is 0.593. The summed E-state index contributed by atoms with van der Waals surface area (Å²) in [4.78, 5) is 4.16. The number of benzene rings is 1. The molecule has 0 aliphatic heterocycles. The lowest BCUT2D eigenvalue weighted by Crippen LogP contribution is -2.02. The number of hydrogen-bond acceptors (Lipinski definition) is 5. The van der Waals surface area contributed by atoms with Crippen molar-refractivity contribution in [3.8, 4) is 11.6 Å². The number of nitrogen functional groups attached to an aromatic ring is 1. The Bertz CT molecular complexity index is 556. The second-order valence-corrected chi connectivity index (χ2v) is 4.25. The number of pyridine rings is 1. The van der Waals surface area contributed by atoms with Crippen molar-refractivity contribution in [1.82, 2.24) is 4.98 Å². The van der Waals surface area contributed by atoms with Gasteiger partial charge in [-0.1, -0.05) is 6.07 Å². The quantitative estimate of drug-likeness (QED) is 0.792. The number of nitrogens with one attached hydrogen (secondary N) is 1. The first kappa shape index (κ1) is 14.0. The number of ether oxygens (including phenoxy) is 2. The van der Waals surface area contributed by atoms with Crippen LogP contribution in [0.15, 0.2) is 36.5 Å². The molecular formula is C15H19N3O2. The molecule has 0 spiro atoms. The molecule has 106 valence electrons. The van der Waals surface area contributed by atoms with E-state index < -0.39 is 0 Å². The van der Waals surface area contributed by atoms with Gasteiger partial charge in [0.2, 0.25) is 5.88 Å². The van der Waals surface area contributed by atoms with Crippen LogP contribution in [0, 0.1) is 0 Å². The van der Waals surface area contributed by atoms with Crippen LogP contribution < -0.4 is 20.5 Å². The highest BCUT2D eigenvalue weighted by molar-refractivity contribution is 5.61. The van der Waals surface area contributed by atoms with Gasteiger partial charge >= 0.3 is 0 Å². The van der Waals surface area contributed by atoms with E-state index in [-0.39, 0.29) is 0 Å². The highest BCUT2D eigenvalue weighted by atomic mass is 16.5. The second kappa shape index (κ2) is 6.65. The summed E-state index contributed by atoms with van der Waals surface area (Å²) in [6, 6.07) is 9.47. The maximum absolute atomic E-state index is 5.84. The summed E-state index contributed by atoms with van der Waals surface area (Å²) in [5, 5.41) is 3.31. The number of nitrogens with zero attached hydrogens (tertiary/aromatic N) is 1. The van der Waals surface area contributed by atoms with Crippen molar-refractivity contribution in [2.45, 2.75) is 13.5 Å². The third-order valence-corrected chi connectivity index (χ3v) is 2.82. The topological polar surface area (TPSA) is 69.4 Å². The van der Waals surface area contributed by atoms with Crippen LogP contribution in [0.1, 0.15) is 12.5 Å². The van der Waals surface area contributed by atoms with E-state index in [9.17, 15) is 0 Å². The number of nitrogens with two attached hydrogens (primary N) is 1. The summed E-state index contributed by atoms with van der Waals surface area (Å²) in [7, 11) is 1.60. The first-order valence-corrected chi connectivity index (χ1v) is 6.48. The molecule has 5 nitrogen and oxygen atoms in total. The predicted octanol–water partition coefficient (Wildman–Crippen LogP) is 2.68. The van der Waals surface area contributed by atoms with Crippen molar-refractivity contribution < 1.29 is 9.47 Å². The SMILES string of the molecule is CCOc1cc(NCc2ccc(OC)nc2)ccc1N. The molecule has 3 N–H and O–H groups in total. The largest absolute Gasteiger partial charge is 0.492 e. The van der Waals surface area contributed by atoms with Gasteiger partial charge in [0.05, 0.1) is 19.4 Å². The second-order valence-electron chi connectivity index (χ2n) is 4.25. The van der Waals surface area contributed by atoms with Crippen LogP contribution in [0.25, 0.3) is 0 Å². The van der Waals surface area contributed by atoms with Gasteiger partial charge in [0.15, 0.2) is 0 Å². The predicted molar refractivity (Wildman–Crippen MR) is 80.1 cm³/mol. The van der Waals surface area contributed by atoms with Crippen molar-refractivity contribution in [2.24, 2.45) is 0 Å². The Morgan fingerprint density at radius 1 is 1.25 bits per heavy atom. The molecule has 0 amide bonds. The van der Waals surface area contributed by atoms with Crippen LogP contribution >= 0.6 is 0 Å². The molecule has 0 atom stereocenters. The van der Waals surface area contributed by atoms with Gasteiger partial charge in [-0.05, 0) is 24.6 Å². The normalized spacial score (nSPS) is 10.1. The summed E-state index contributed by atoms with van der Waals surface area (Å²) in [5.74, 6) is 1.31. The van der Waals surface area contributed by atoms with Gasteiger partial charge in [0, 0.05) is 30.6 Å². The summed E-state index contributed by atoms with van der Waals surface area (Å²) >= 11 is 0. The van der Waals surface area contributed by atoms with Gasteiger partial charge in [-0.25, -0.2) is 4.98 Å². The molecule has 1 aromatic heterocycles. The number of methoxy groups -OCH3 is 1. The van der Waals surface area contributed by atoms with Gasteiger partial charge in [0.25, 0.3) is 0 Å². The molecule has 0 aliphatic rings. The Hall–Kier alpha value is -2.43. The average molecular weight is 273 g/mol.